The smallest absolute Gasteiger partial charge is 0.276 e. The van der Waals surface area contributed by atoms with E-state index in [4.69, 9.17) is 16.2 Å². The van der Waals surface area contributed by atoms with Crippen molar-refractivity contribution in [1.29, 1.82) is 0 Å². The fourth-order valence-electron chi connectivity index (χ4n) is 1.40. The Kier molecular flexibility index (Phi) is 4.61. The molecule has 0 bridgehead atoms. The van der Waals surface area contributed by atoms with Crippen LogP contribution < -0.4 is 16.2 Å². The maximum atomic E-state index is 10.7. The lowest BCUT2D eigenvalue weighted by atomic mass is 10.2. The maximum Gasteiger partial charge on any atom is 0.276 e. The van der Waals surface area contributed by atoms with E-state index in [-0.39, 0.29) is 18.7 Å². The van der Waals surface area contributed by atoms with Crippen LogP contribution in [0.4, 0.5) is 5.69 Å². The number of benzene rings is 1. The van der Waals surface area contributed by atoms with E-state index in [9.17, 15) is 14.9 Å². The third kappa shape index (κ3) is 3.42. The number of rotatable bonds is 6. The van der Waals surface area contributed by atoms with Crippen molar-refractivity contribution in [3.63, 3.8) is 0 Å². The predicted octanol–water partition coefficient (Wildman–Crippen LogP) is 0.485. The molecular formula is C11H15N3O4. The van der Waals surface area contributed by atoms with Crippen LogP contribution in [0, 0.1) is 17.0 Å². The first-order valence-corrected chi connectivity index (χ1v) is 5.35. The minimum Gasteiger partial charge on any atom is -0.493 e. The molecule has 1 unspecified atom stereocenters. The van der Waals surface area contributed by atoms with Gasteiger partial charge in [0.15, 0.2) is 0 Å². The van der Waals surface area contributed by atoms with Crippen LogP contribution in [-0.4, -0.2) is 23.5 Å². The minimum atomic E-state index is -0.774. The van der Waals surface area contributed by atoms with Gasteiger partial charge in [-0.05, 0) is 13.0 Å². The number of nitrogens with zero attached hydrogens (tertiary/aromatic N) is 1. The molecule has 0 saturated heterocycles. The lowest BCUT2D eigenvalue weighted by molar-refractivity contribution is -0.385. The van der Waals surface area contributed by atoms with E-state index >= 15 is 0 Å². The van der Waals surface area contributed by atoms with Gasteiger partial charge in [-0.15, -0.1) is 0 Å². The molecule has 0 fully saturated rings. The van der Waals surface area contributed by atoms with Gasteiger partial charge < -0.3 is 16.2 Å². The number of ether oxygens (including phenoxy) is 1. The van der Waals surface area contributed by atoms with E-state index in [1.54, 1.807) is 13.0 Å². The van der Waals surface area contributed by atoms with Crippen molar-refractivity contribution in [2.24, 2.45) is 11.5 Å². The van der Waals surface area contributed by atoms with Crippen LogP contribution in [0.1, 0.15) is 12.0 Å². The Morgan fingerprint density at radius 3 is 2.78 bits per heavy atom. The third-order valence-electron chi connectivity index (χ3n) is 2.50. The summed E-state index contributed by atoms with van der Waals surface area (Å²) < 4.78 is 5.36. The number of primary amides is 1. The van der Waals surface area contributed by atoms with Crippen molar-refractivity contribution in [2.45, 2.75) is 19.4 Å². The zero-order valence-corrected chi connectivity index (χ0v) is 9.96. The molecule has 0 aliphatic carbocycles. The molecule has 0 spiro atoms. The van der Waals surface area contributed by atoms with Crippen LogP contribution in [0.5, 0.6) is 5.75 Å². The number of hydrogen-bond acceptors (Lipinski definition) is 5. The first-order valence-electron chi connectivity index (χ1n) is 5.35. The predicted molar refractivity (Wildman–Crippen MR) is 65.1 cm³/mol. The zero-order valence-electron chi connectivity index (χ0n) is 9.96. The summed E-state index contributed by atoms with van der Waals surface area (Å²) in [7, 11) is 0. The summed E-state index contributed by atoms with van der Waals surface area (Å²) in [5.74, 6) is -0.199. The fraction of sp³-hybridized carbons (Fsp3) is 0.364. The number of carbonyl (C=O) groups excluding carboxylic acids is 1. The van der Waals surface area contributed by atoms with E-state index in [0.717, 1.165) is 0 Å². The molecule has 0 aliphatic rings. The number of nitro benzene ring substituents is 1. The fourth-order valence-corrected chi connectivity index (χ4v) is 1.40. The Morgan fingerprint density at radius 2 is 2.22 bits per heavy atom. The Labute approximate surface area is 104 Å². The Bertz CT molecular complexity index is 462. The lowest BCUT2D eigenvalue weighted by Gasteiger charge is -2.11. The summed E-state index contributed by atoms with van der Waals surface area (Å²) in [6, 6.07) is 3.79. The van der Waals surface area contributed by atoms with Crippen LogP contribution in [0.15, 0.2) is 18.2 Å². The Morgan fingerprint density at radius 1 is 1.56 bits per heavy atom. The molecule has 7 heteroatoms. The molecule has 1 atom stereocenters. The summed E-state index contributed by atoms with van der Waals surface area (Å²) in [6.45, 7) is 1.77. The summed E-state index contributed by atoms with van der Waals surface area (Å²) >= 11 is 0. The van der Waals surface area contributed by atoms with Gasteiger partial charge in [-0.1, -0.05) is 6.07 Å². The number of amides is 1. The quantitative estimate of drug-likeness (QED) is 0.564. The molecular weight excluding hydrogens is 238 g/mol. The zero-order chi connectivity index (χ0) is 13.7. The molecule has 1 amide bonds. The average Bonchev–Trinajstić information content (AvgIpc) is 2.30. The van der Waals surface area contributed by atoms with Gasteiger partial charge >= 0.3 is 0 Å². The van der Waals surface area contributed by atoms with Gasteiger partial charge in [0.05, 0.1) is 23.1 Å². The van der Waals surface area contributed by atoms with Gasteiger partial charge in [-0.2, -0.15) is 0 Å². The molecule has 7 nitrogen and oxygen atoms in total. The van der Waals surface area contributed by atoms with Crippen LogP contribution in [0.2, 0.25) is 0 Å². The molecule has 0 heterocycles. The van der Waals surface area contributed by atoms with Crippen molar-refractivity contribution in [2.75, 3.05) is 6.61 Å². The highest BCUT2D eigenvalue weighted by molar-refractivity contribution is 5.79. The van der Waals surface area contributed by atoms with Crippen LogP contribution in [0.25, 0.3) is 0 Å². The van der Waals surface area contributed by atoms with E-state index in [1.807, 2.05) is 0 Å². The topological polar surface area (TPSA) is 121 Å². The van der Waals surface area contributed by atoms with Gasteiger partial charge in [-0.25, -0.2) is 0 Å². The van der Waals surface area contributed by atoms with Gasteiger partial charge in [0.25, 0.3) is 5.69 Å². The van der Waals surface area contributed by atoms with E-state index in [1.165, 1.54) is 12.1 Å². The SMILES string of the molecule is Cc1c(OCCC(N)C(N)=O)cccc1[N+](=O)[O-]. The number of hydrogen-bond donors (Lipinski definition) is 2. The normalized spacial score (nSPS) is 11.9. The molecule has 0 aliphatic heterocycles. The monoisotopic (exact) mass is 253 g/mol. The molecule has 4 N–H and O–H groups in total. The molecule has 1 aromatic rings. The van der Waals surface area contributed by atoms with Crippen molar-refractivity contribution < 1.29 is 14.5 Å². The summed E-state index contributed by atoms with van der Waals surface area (Å²) in [6.07, 6.45) is 0.261. The molecule has 0 saturated carbocycles. The lowest BCUT2D eigenvalue weighted by Crippen LogP contribution is -2.37. The van der Waals surface area contributed by atoms with Gasteiger partial charge in [0.1, 0.15) is 5.75 Å². The second-order valence-electron chi connectivity index (χ2n) is 3.80. The standard InChI is InChI=1S/C11H15N3O4/c1-7-9(14(16)17)3-2-4-10(7)18-6-5-8(12)11(13)15/h2-4,8H,5-6,12H2,1H3,(H2,13,15). The van der Waals surface area contributed by atoms with Gasteiger partial charge in [0, 0.05) is 12.5 Å². The second kappa shape index (κ2) is 5.97. The van der Waals surface area contributed by atoms with Crippen LogP contribution >= 0.6 is 0 Å². The first kappa shape index (κ1) is 13.9. The maximum absolute atomic E-state index is 10.7. The summed E-state index contributed by atoms with van der Waals surface area (Å²) in [4.78, 5) is 20.9. The molecule has 1 rings (SSSR count). The highest BCUT2D eigenvalue weighted by Gasteiger charge is 2.15. The second-order valence-corrected chi connectivity index (χ2v) is 3.80. The van der Waals surface area contributed by atoms with Crippen LogP contribution in [0.3, 0.4) is 0 Å². The van der Waals surface area contributed by atoms with Crippen molar-refractivity contribution in [3.8, 4) is 5.75 Å². The highest BCUT2D eigenvalue weighted by atomic mass is 16.6. The number of carbonyl (C=O) groups is 1. The number of nitro groups is 1. The Hall–Kier alpha value is -2.15. The third-order valence-corrected chi connectivity index (χ3v) is 2.50. The molecule has 0 aromatic heterocycles. The van der Waals surface area contributed by atoms with Crippen LogP contribution in [-0.2, 0) is 4.79 Å². The molecule has 98 valence electrons. The largest absolute Gasteiger partial charge is 0.493 e. The summed E-state index contributed by atoms with van der Waals surface area (Å²) in [5, 5.41) is 10.7. The van der Waals surface area contributed by atoms with Crippen molar-refractivity contribution in [3.05, 3.63) is 33.9 Å². The molecule has 0 radical (unpaired) electrons. The Balaban J connectivity index is 2.66. The number of nitrogens with two attached hydrogens (primary N) is 2. The van der Waals surface area contributed by atoms with Crippen molar-refractivity contribution >= 4 is 11.6 Å². The minimum absolute atomic E-state index is 0.00769. The van der Waals surface area contributed by atoms with Gasteiger partial charge in [0.2, 0.25) is 5.91 Å². The van der Waals surface area contributed by atoms with Crippen molar-refractivity contribution in [1.82, 2.24) is 0 Å². The average molecular weight is 253 g/mol. The first-order chi connectivity index (χ1) is 8.43. The van der Waals surface area contributed by atoms with Gasteiger partial charge in [-0.3, -0.25) is 14.9 Å². The summed E-state index contributed by atoms with van der Waals surface area (Å²) in [5.41, 5.74) is 10.9. The van der Waals surface area contributed by atoms with E-state index < -0.39 is 16.9 Å². The van der Waals surface area contributed by atoms with E-state index in [0.29, 0.717) is 11.3 Å². The highest BCUT2D eigenvalue weighted by Crippen LogP contribution is 2.26. The molecule has 1 aromatic carbocycles. The molecule has 18 heavy (non-hydrogen) atoms. The van der Waals surface area contributed by atoms with E-state index in [2.05, 4.69) is 0 Å².